The van der Waals surface area contributed by atoms with Crippen molar-refractivity contribution in [3.05, 3.63) is 65.0 Å². The number of halogens is 1. The van der Waals surface area contributed by atoms with Crippen LogP contribution in [0.1, 0.15) is 37.5 Å². The maximum absolute atomic E-state index is 14.4. The van der Waals surface area contributed by atoms with E-state index >= 15 is 0 Å². The highest BCUT2D eigenvalue weighted by Crippen LogP contribution is 2.23. The molecule has 0 atom stereocenters. The molecule has 3 rings (SSSR count). The van der Waals surface area contributed by atoms with Crippen molar-refractivity contribution in [3.63, 3.8) is 0 Å². The van der Waals surface area contributed by atoms with E-state index in [1.807, 2.05) is 12.1 Å². The lowest BCUT2D eigenvalue weighted by Gasteiger charge is -2.36. The Labute approximate surface area is 162 Å². The number of piperazine rings is 1. The van der Waals surface area contributed by atoms with Crippen LogP contribution in [-0.4, -0.2) is 37.2 Å². The lowest BCUT2D eigenvalue weighted by molar-refractivity contribution is 0.0657. The maximum atomic E-state index is 14.4. The Bertz CT molecular complexity index is 722. The molecule has 146 valence electrons. The summed E-state index contributed by atoms with van der Waals surface area (Å²) in [5.41, 5.74) is 4.32. The molecule has 1 aliphatic heterocycles. The first-order valence-electron chi connectivity index (χ1n) is 10.00. The van der Waals surface area contributed by atoms with Crippen LogP contribution in [0.25, 0.3) is 0 Å². The Kier molecular flexibility index (Phi) is 6.86. The molecule has 0 N–H and O–H groups in total. The predicted molar refractivity (Wildman–Crippen MR) is 110 cm³/mol. The van der Waals surface area contributed by atoms with Crippen LogP contribution in [0, 0.1) is 5.82 Å². The summed E-state index contributed by atoms with van der Waals surface area (Å²) in [6.45, 7) is 11.4. The van der Waals surface area contributed by atoms with E-state index in [2.05, 4.69) is 54.8 Å². The summed E-state index contributed by atoms with van der Waals surface area (Å²) in [6, 6.07) is 14.3. The fraction of sp³-hybridized carbons (Fsp3) is 0.478. The standard InChI is InChI=1S/C23H31FN2O/c1-4-19-9-10-23(22(24)15-19)26-13-11-25(12-14-26)16-20-5-7-21(8-6-20)17-27-18(2)3/h5-10,15,18H,4,11-14,16-17H2,1-3H3. The molecular formula is C23H31FN2O. The fourth-order valence-corrected chi connectivity index (χ4v) is 3.44. The molecule has 1 aliphatic rings. The van der Waals surface area contributed by atoms with Crippen molar-refractivity contribution < 1.29 is 9.13 Å². The van der Waals surface area contributed by atoms with Gasteiger partial charge in [0.05, 0.1) is 18.4 Å². The third-order valence-corrected chi connectivity index (χ3v) is 5.15. The predicted octanol–water partition coefficient (Wildman–Crippen LogP) is 4.64. The van der Waals surface area contributed by atoms with Crippen molar-refractivity contribution in [2.75, 3.05) is 31.1 Å². The smallest absolute Gasteiger partial charge is 0.146 e. The van der Waals surface area contributed by atoms with E-state index in [9.17, 15) is 4.39 Å². The Morgan fingerprint density at radius 1 is 0.926 bits per heavy atom. The quantitative estimate of drug-likeness (QED) is 0.706. The molecule has 0 spiro atoms. The van der Waals surface area contributed by atoms with E-state index < -0.39 is 0 Å². The number of aryl methyl sites for hydroxylation is 1. The van der Waals surface area contributed by atoms with E-state index in [0.29, 0.717) is 6.61 Å². The summed E-state index contributed by atoms with van der Waals surface area (Å²) in [5, 5.41) is 0. The minimum absolute atomic E-state index is 0.0954. The molecule has 2 aromatic carbocycles. The Morgan fingerprint density at radius 2 is 1.56 bits per heavy atom. The highest BCUT2D eigenvalue weighted by atomic mass is 19.1. The molecular weight excluding hydrogens is 339 g/mol. The molecule has 0 bridgehead atoms. The van der Waals surface area contributed by atoms with Crippen LogP contribution >= 0.6 is 0 Å². The molecule has 1 saturated heterocycles. The fourth-order valence-electron chi connectivity index (χ4n) is 3.44. The van der Waals surface area contributed by atoms with Crippen molar-refractivity contribution in [2.24, 2.45) is 0 Å². The summed E-state index contributed by atoms with van der Waals surface area (Å²) < 4.78 is 20.0. The largest absolute Gasteiger partial charge is 0.374 e. The lowest BCUT2D eigenvalue weighted by Crippen LogP contribution is -2.46. The van der Waals surface area contributed by atoms with E-state index in [1.54, 1.807) is 6.07 Å². The summed E-state index contributed by atoms with van der Waals surface area (Å²) >= 11 is 0. The SMILES string of the molecule is CCc1ccc(N2CCN(Cc3ccc(COC(C)C)cc3)CC2)c(F)c1. The third kappa shape index (κ3) is 5.53. The minimum atomic E-state index is -0.0954. The second-order valence-corrected chi connectivity index (χ2v) is 7.58. The van der Waals surface area contributed by atoms with Crippen LogP contribution in [0.3, 0.4) is 0 Å². The van der Waals surface area contributed by atoms with Gasteiger partial charge in [0.25, 0.3) is 0 Å². The summed E-state index contributed by atoms with van der Waals surface area (Å²) in [5.74, 6) is -0.0954. The van der Waals surface area contributed by atoms with Gasteiger partial charge in [0.15, 0.2) is 0 Å². The number of rotatable bonds is 7. The van der Waals surface area contributed by atoms with Gasteiger partial charge < -0.3 is 9.64 Å². The molecule has 2 aromatic rings. The maximum Gasteiger partial charge on any atom is 0.146 e. The minimum Gasteiger partial charge on any atom is -0.374 e. The van der Waals surface area contributed by atoms with Gasteiger partial charge in [-0.3, -0.25) is 4.90 Å². The molecule has 1 heterocycles. The van der Waals surface area contributed by atoms with Crippen LogP contribution in [0.15, 0.2) is 42.5 Å². The van der Waals surface area contributed by atoms with Crippen LogP contribution in [0.5, 0.6) is 0 Å². The van der Waals surface area contributed by atoms with Gasteiger partial charge in [-0.25, -0.2) is 4.39 Å². The second kappa shape index (κ2) is 9.34. The van der Waals surface area contributed by atoms with Gasteiger partial charge in [-0.05, 0) is 49.1 Å². The Hall–Kier alpha value is -1.91. The first kappa shape index (κ1) is 19.8. The number of hydrogen-bond acceptors (Lipinski definition) is 3. The van der Waals surface area contributed by atoms with Crippen LogP contribution in [0.4, 0.5) is 10.1 Å². The highest BCUT2D eigenvalue weighted by molar-refractivity contribution is 5.49. The van der Waals surface area contributed by atoms with Crippen molar-refractivity contribution in [2.45, 2.75) is 46.4 Å². The number of hydrogen-bond donors (Lipinski definition) is 0. The topological polar surface area (TPSA) is 15.7 Å². The van der Waals surface area contributed by atoms with Crippen molar-refractivity contribution in [1.29, 1.82) is 0 Å². The molecule has 0 radical (unpaired) electrons. The molecule has 0 aromatic heterocycles. The van der Waals surface area contributed by atoms with Crippen LogP contribution < -0.4 is 4.90 Å². The van der Waals surface area contributed by atoms with Crippen molar-refractivity contribution >= 4 is 5.69 Å². The molecule has 27 heavy (non-hydrogen) atoms. The first-order valence-corrected chi connectivity index (χ1v) is 10.00. The van der Waals surface area contributed by atoms with Gasteiger partial charge in [-0.2, -0.15) is 0 Å². The first-order chi connectivity index (χ1) is 13.0. The summed E-state index contributed by atoms with van der Waals surface area (Å²) in [4.78, 5) is 4.60. The van der Waals surface area contributed by atoms with Crippen molar-refractivity contribution in [3.8, 4) is 0 Å². The number of nitrogens with zero attached hydrogens (tertiary/aromatic N) is 2. The third-order valence-electron chi connectivity index (χ3n) is 5.15. The summed E-state index contributed by atoms with van der Waals surface area (Å²) in [6.07, 6.45) is 1.12. The van der Waals surface area contributed by atoms with Gasteiger partial charge in [0.2, 0.25) is 0 Å². The average Bonchev–Trinajstić information content (AvgIpc) is 2.68. The zero-order valence-corrected chi connectivity index (χ0v) is 16.7. The normalized spacial score (nSPS) is 15.5. The molecule has 0 aliphatic carbocycles. The average molecular weight is 371 g/mol. The van der Waals surface area contributed by atoms with E-state index in [4.69, 9.17) is 4.74 Å². The molecule has 0 unspecified atom stereocenters. The van der Waals surface area contributed by atoms with E-state index in [1.165, 1.54) is 11.1 Å². The van der Waals surface area contributed by atoms with Gasteiger partial charge >= 0.3 is 0 Å². The zero-order chi connectivity index (χ0) is 19.2. The lowest BCUT2D eigenvalue weighted by atomic mass is 10.1. The molecule has 0 saturated carbocycles. The van der Waals surface area contributed by atoms with Crippen molar-refractivity contribution in [1.82, 2.24) is 4.90 Å². The number of anilines is 1. The molecule has 1 fully saturated rings. The van der Waals surface area contributed by atoms with Gasteiger partial charge in [-0.1, -0.05) is 37.3 Å². The van der Waals surface area contributed by atoms with Crippen LogP contribution in [0.2, 0.25) is 0 Å². The molecule has 0 amide bonds. The van der Waals surface area contributed by atoms with Crippen LogP contribution in [-0.2, 0) is 24.3 Å². The van der Waals surface area contributed by atoms with Gasteiger partial charge in [-0.15, -0.1) is 0 Å². The second-order valence-electron chi connectivity index (χ2n) is 7.58. The Morgan fingerprint density at radius 3 is 2.15 bits per heavy atom. The van der Waals surface area contributed by atoms with E-state index in [-0.39, 0.29) is 11.9 Å². The Balaban J connectivity index is 1.51. The number of ether oxygens (including phenoxy) is 1. The van der Waals surface area contributed by atoms with Gasteiger partial charge in [0, 0.05) is 32.7 Å². The summed E-state index contributed by atoms with van der Waals surface area (Å²) in [7, 11) is 0. The number of benzene rings is 2. The van der Waals surface area contributed by atoms with Gasteiger partial charge in [0.1, 0.15) is 5.82 Å². The van der Waals surface area contributed by atoms with E-state index in [0.717, 1.165) is 50.4 Å². The molecule has 3 nitrogen and oxygen atoms in total. The molecule has 4 heteroatoms. The zero-order valence-electron chi connectivity index (χ0n) is 16.7. The highest BCUT2D eigenvalue weighted by Gasteiger charge is 2.19. The monoisotopic (exact) mass is 370 g/mol.